The highest BCUT2D eigenvalue weighted by molar-refractivity contribution is 9.10. The second kappa shape index (κ2) is 5.57. The van der Waals surface area contributed by atoms with Crippen LogP contribution in [0.5, 0.6) is 11.5 Å². The van der Waals surface area contributed by atoms with Gasteiger partial charge in [-0.05, 0) is 48.3 Å². The van der Waals surface area contributed by atoms with Crippen molar-refractivity contribution in [2.45, 2.75) is 31.8 Å². The van der Waals surface area contributed by atoms with Gasteiger partial charge in [-0.15, -0.1) is 0 Å². The Morgan fingerprint density at radius 2 is 1.65 bits per heavy atom. The van der Waals surface area contributed by atoms with E-state index in [1.165, 1.54) is 25.7 Å². The van der Waals surface area contributed by atoms with E-state index in [9.17, 15) is 5.11 Å². The summed E-state index contributed by atoms with van der Waals surface area (Å²) in [5.41, 5.74) is 0.919. The molecule has 1 aromatic rings. The Hall–Kier alpha value is -0.740. The molecule has 3 rings (SSSR count). The van der Waals surface area contributed by atoms with Crippen LogP contribution in [0, 0.1) is 17.8 Å². The first-order chi connectivity index (χ1) is 9.67. The van der Waals surface area contributed by atoms with Crippen molar-refractivity contribution < 1.29 is 14.6 Å². The summed E-state index contributed by atoms with van der Waals surface area (Å²) in [6.07, 6.45) is 4.78. The number of aliphatic hydroxyl groups is 1. The molecule has 0 radical (unpaired) electrons. The zero-order valence-electron chi connectivity index (χ0n) is 11.9. The fraction of sp³-hybridized carbons (Fsp3) is 0.625. The molecular formula is C16H21BrO3. The highest BCUT2D eigenvalue weighted by Crippen LogP contribution is 2.61. The summed E-state index contributed by atoms with van der Waals surface area (Å²) in [6, 6.07) is 3.78. The van der Waals surface area contributed by atoms with Crippen LogP contribution in [0.1, 0.15) is 37.4 Å². The fourth-order valence-electron chi connectivity index (χ4n) is 3.82. The second-order valence-electron chi connectivity index (χ2n) is 5.86. The zero-order valence-corrected chi connectivity index (χ0v) is 13.5. The van der Waals surface area contributed by atoms with Crippen LogP contribution >= 0.6 is 15.9 Å². The molecule has 0 aromatic heterocycles. The van der Waals surface area contributed by atoms with Crippen molar-refractivity contribution in [3.05, 3.63) is 22.2 Å². The molecule has 4 heteroatoms. The largest absolute Gasteiger partial charge is 0.493 e. The van der Waals surface area contributed by atoms with Gasteiger partial charge in [0.1, 0.15) is 0 Å². The summed E-state index contributed by atoms with van der Waals surface area (Å²) in [7, 11) is 3.24. The summed E-state index contributed by atoms with van der Waals surface area (Å²) >= 11 is 3.55. The number of aliphatic hydroxyl groups excluding tert-OH is 1. The lowest BCUT2D eigenvalue weighted by atomic mass is 10.0. The van der Waals surface area contributed by atoms with Gasteiger partial charge in [-0.1, -0.05) is 28.8 Å². The van der Waals surface area contributed by atoms with Crippen molar-refractivity contribution in [1.82, 2.24) is 0 Å². The molecule has 3 unspecified atom stereocenters. The number of hydrogen-bond acceptors (Lipinski definition) is 3. The Morgan fingerprint density at radius 1 is 1.10 bits per heavy atom. The molecule has 0 spiro atoms. The maximum Gasteiger partial charge on any atom is 0.161 e. The molecule has 2 fully saturated rings. The van der Waals surface area contributed by atoms with Crippen LogP contribution in [-0.2, 0) is 0 Å². The third-order valence-corrected chi connectivity index (χ3v) is 5.60. The molecule has 0 heterocycles. The third-order valence-electron chi connectivity index (χ3n) is 4.91. The van der Waals surface area contributed by atoms with Gasteiger partial charge in [0.05, 0.1) is 20.3 Å². The SMILES string of the molecule is COc1cc(Br)c(C(O)C2C3CCCCC32)cc1OC. The number of halogens is 1. The van der Waals surface area contributed by atoms with E-state index >= 15 is 0 Å². The first kappa shape index (κ1) is 14.2. The van der Waals surface area contributed by atoms with Crippen molar-refractivity contribution in [3.8, 4) is 11.5 Å². The minimum absolute atomic E-state index is 0.405. The van der Waals surface area contributed by atoms with Crippen LogP contribution in [0.3, 0.4) is 0 Å². The molecule has 0 bridgehead atoms. The number of hydrogen-bond donors (Lipinski definition) is 1. The summed E-state index contributed by atoms with van der Waals surface area (Å²) in [5.74, 6) is 3.22. The molecule has 2 aliphatic carbocycles. The Bertz CT molecular complexity index is 491. The molecular weight excluding hydrogens is 320 g/mol. The summed E-state index contributed by atoms with van der Waals surface area (Å²) in [4.78, 5) is 0. The highest BCUT2D eigenvalue weighted by atomic mass is 79.9. The van der Waals surface area contributed by atoms with Gasteiger partial charge in [0.25, 0.3) is 0 Å². The maximum absolute atomic E-state index is 10.7. The van der Waals surface area contributed by atoms with Crippen molar-refractivity contribution in [2.24, 2.45) is 17.8 Å². The van der Waals surface area contributed by atoms with Gasteiger partial charge < -0.3 is 14.6 Å². The number of benzene rings is 1. The molecule has 20 heavy (non-hydrogen) atoms. The average molecular weight is 341 g/mol. The van der Waals surface area contributed by atoms with Gasteiger partial charge in [-0.3, -0.25) is 0 Å². The molecule has 1 aromatic carbocycles. The monoisotopic (exact) mass is 340 g/mol. The second-order valence-corrected chi connectivity index (χ2v) is 6.72. The highest BCUT2D eigenvalue weighted by Gasteiger charge is 2.54. The van der Waals surface area contributed by atoms with Crippen LogP contribution in [0.2, 0.25) is 0 Å². The van der Waals surface area contributed by atoms with Gasteiger partial charge in [0, 0.05) is 4.47 Å². The summed E-state index contributed by atoms with van der Waals surface area (Å²) < 4.78 is 11.5. The van der Waals surface area contributed by atoms with E-state index in [0.717, 1.165) is 21.9 Å². The molecule has 0 saturated heterocycles. The van der Waals surface area contributed by atoms with Crippen LogP contribution in [0.15, 0.2) is 16.6 Å². The van der Waals surface area contributed by atoms with Crippen molar-refractivity contribution >= 4 is 15.9 Å². The van der Waals surface area contributed by atoms with E-state index in [2.05, 4.69) is 15.9 Å². The normalized spacial score (nSPS) is 29.5. The van der Waals surface area contributed by atoms with Crippen LogP contribution in [0.4, 0.5) is 0 Å². The van der Waals surface area contributed by atoms with Gasteiger partial charge in [0.15, 0.2) is 11.5 Å². The number of fused-ring (bicyclic) bond motifs is 1. The van der Waals surface area contributed by atoms with Gasteiger partial charge in [0.2, 0.25) is 0 Å². The maximum atomic E-state index is 10.7. The lowest BCUT2D eigenvalue weighted by Gasteiger charge is -2.16. The van der Waals surface area contributed by atoms with Crippen LogP contribution < -0.4 is 9.47 Å². The fourth-order valence-corrected chi connectivity index (χ4v) is 4.38. The lowest BCUT2D eigenvalue weighted by molar-refractivity contribution is 0.141. The predicted octanol–water partition coefficient (Wildman–Crippen LogP) is 3.94. The smallest absolute Gasteiger partial charge is 0.161 e. The molecule has 2 saturated carbocycles. The standard InChI is InChI=1S/C16H21BrO3/c1-19-13-7-11(12(17)8-14(13)20-2)16(18)15-9-5-3-4-6-10(9)15/h7-10,15-16,18H,3-6H2,1-2H3. The lowest BCUT2D eigenvalue weighted by Crippen LogP contribution is -2.04. The van der Waals surface area contributed by atoms with E-state index in [1.54, 1.807) is 14.2 Å². The van der Waals surface area contributed by atoms with E-state index in [1.807, 2.05) is 12.1 Å². The molecule has 3 nitrogen and oxygen atoms in total. The van der Waals surface area contributed by atoms with E-state index in [0.29, 0.717) is 17.4 Å². The summed E-state index contributed by atoms with van der Waals surface area (Å²) in [5, 5.41) is 10.7. The Labute approximate surface area is 128 Å². The zero-order chi connectivity index (χ0) is 14.3. The first-order valence-corrected chi connectivity index (χ1v) is 8.06. The van der Waals surface area contributed by atoms with E-state index in [-0.39, 0.29) is 0 Å². The van der Waals surface area contributed by atoms with Gasteiger partial charge in [-0.2, -0.15) is 0 Å². The van der Waals surface area contributed by atoms with Crippen molar-refractivity contribution in [2.75, 3.05) is 14.2 Å². The minimum atomic E-state index is -0.405. The average Bonchev–Trinajstić information content (AvgIpc) is 3.20. The molecule has 0 amide bonds. The predicted molar refractivity (Wildman–Crippen MR) is 81.1 cm³/mol. The van der Waals surface area contributed by atoms with Crippen LogP contribution in [0.25, 0.3) is 0 Å². The molecule has 110 valence electrons. The topological polar surface area (TPSA) is 38.7 Å². The molecule has 0 aliphatic heterocycles. The third kappa shape index (κ3) is 2.33. The minimum Gasteiger partial charge on any atom is -0.493 e. The van der Waals surface area contributed by atoms with Crippen molar-refractivity contribution in [3.63, 3.8) is 0 Å². The van der Waals surface area contributed by atoms with Crippen LogP contribution in [-0.4, -0.2) is 19.3 Å². The number of rotatable bonds is 4. The number of methoxy groups -OCH3 is 2. The first-order valence-electron chi connectivity index (χ1n) is 7.27. The van der Waals surface area contributed by atoms with E-state index < -0.39 is 6.10 Å². The summed E-state index contributed by atoms with van der Waals surface area (Å²) in [6.45, 7) is 0. The molecule has 1 N–H and O–H groups in total. The van der Waals surface area contributed by atoms with Crippen molar-refractivity contribution in [1.29, 1.82) is 0 Å². The Kier molecular flexibility index (Phi) is 3.95. The molecule has 2 aliphatic rings. The van der Waals surface area contributed by atoms with E-state index in [4.69, 9.17) is 9.47 Å². The Morgan fingerprint density at radius 3 is 2.20 bits per heavy atom. The van der Waals surface area contributed by atoms with Gasteiger partial charge >= 0.3 is 0 Å². The van der Waals surface area contributed by atoms with Gasteiger partial charge in [-0.25, -0.2) is 0 Å². The number of ether oxygens (including phenoxy) is 2. The molecule has 3 atom stereocenters. The quantitative estimate of drug-likeness (QED) is 0.902. The Balaban J connectivity index is 1.86.